The fourth-order valence-corrected chi connectivity index (χ4v) is 1.73. The molecular formula is C9H11NO2. The Hall–Kier alpha value is -1.01. The molecule has 2 aliphatic rings. The Balaban J connectivity index is 1.92. The third kappa shape index (κ3) is 1.44. The highest BCUT2D eigenvalue weighted by Gasteiger charge is 2.47. The van der Waals surface area contributed by atoms with Crippen LogP contribution in [-0.4, -0.2) is 23.7 Å². The number of carboxylic acid groups (broad SMARTS) is 1. The Morgan fingerprint density at radius 3 is 2.83 bits per heavy atom. The van der Waals surface area contributed by atoms with Crippen molar-refractivity contribution in [1.29, 1.82) is 0 Å². The van der Waals surface area contributed by atoms with E-state index >= 15 is 0 Å². The number of hydrogen-bond acceptors (Lipinski definition) is 2. The van der Waals surface area contributed by atoms with Crippen molar-refractivity contribution in [2.75, 3.05) is 6.54 Å². The molecule has 1 atom stereocenters. The molecule has 0 amide bonds. The number of nitrogens with one attached hydrogen (secondary N) is 1. The van der Waals surface area contributed by atoms with Gasteiger partial charge in [0.15, 0.2) is 0 Å². The van der Waals surface area contributed by atoms with Crippen LogP contribution in [0.2, 0.25) is 0 Å². The summed E-state index contributed by atoms with van der Waals surface area (Å²) in [4.78, 5) is 10.1. The first-order valence-corrected chi connectivity index (χ1v) is 4.18. The molecule has 0 aromatic carbocycles. The smallest absolute Gasteiger partial charge is 0.381 e. The summed E-state index contributed by atoms with van der Waals surface area (Å²) in [6, 6.07) is 0.114. The van der Waals surface area contributed by atoms with E-state index in [9.17, 15) is 4.79 Å². The molecule has 1 saturated heterocycles. The van der Waals surface area contributed by atoms with Gasteiger partial charge >= 0.3 is 5.97 Å². The van der Waals surface area contributed by atoms with Crippen molar-refractivity contribution in [3.63, 3.8) is 0 Å². The molecule has 2 rings (SSSR count). The molecule has 1 unspecified atom stereocenters. The largest absolute Gasteiger partial charge is 0.472 e. The minimum absolute atomic E-state index is 0.114. The summed E-state index contributed by atoms with van der Waals surface area (Å²) in [5.41, 5.74) is 0.498. The number of aliphatic carboxylic acids is 1. The van der Waals surface area contributed by atoms with Crippen LogP contribution in [0.25, 0.3) is 0 Å². The lowest BCUT2D eigenvalue weighted by Crippen LogP contribution is -2.19. The molecule has 1 aliphatic carbocycles. The van der Waals surface area contributed by atoms with Gasteiger partial charge in [-0.1, -0.05) is 5.92 Å². The summed E-state index contributed by atoms with van der Waals surface area (Å²) in [7, 11) is 0. The lowest BCUT2D eigenvalue weighted by atomic mass is 10.0. The predicted molar refractivity (Wildman–Crippen MR) is 43.5 cm³/mol. The van der Waals surface area contributed by atoms with E-state index in [2.05, 4.69) is 17.2 Å². The maximum absolute atomic E-state index is 10.1. The number of rotatable bonds is 0. The highest BCUT2D eigenvalue weighted by Crippen LogP contribution is 2.51. The lowest BCUT2D eigenvalue weighted by molar-refractivity contribution is -0.130. The molecule has 1 spiro atoms. The van der Waals surface area contributed by atoms with E-state index < -0.39 is 5.97 Å². The molecule has 1 aliphatic heterocycles. The van der Waals surface area contributed by atoms with E-state index in [1.807, 2.05) is 0 Å². The van der Waals surface area contributed by atoms with Gasteiger partial charge in [0, 0.05) is 12.5 Å². The Bertz CT molecular complexity index is 270. The zero-order valence-electron chi connectivity index (χ0n) is 6.76. The fourth-order valence-electron chi connectivity index (χ4n) is 1.73. The average Bonchev–Trinajstić information content (AvgIpc) is 2.60. The molecule has 2 fully saturated rings. The topological polar surface area (TPSA) is 49.3 Å². The molecule has 2 N–H and O–H groups in total. The molecule has 12 heavy (non-hydrogen) atoms. The first-order chi connectivity index (χ1) is 5.70. The summed E-state index contributed by atoms with van der Waals surface area (Å²) < 4.78 is 0. The zero-order valence-corrected chi connectivity index (χ0v) is 6.76. The fraction of sp³-hybridized carbons (Fsp3) is 0.667. The Kier molecular flexibility index (Phi) is 1.59. The second-order valence-corrected chi connectivity index (χ2v) is 3.71. The van der Waals surface area contributed by atoms with Gasteiger partial charge in [-0.25, -0.2) is 4.79 Å². The molecule has 1 heterocycles. The first kappa shape index (κ1) is 7.63. The van der Waals surface area contributed by atoms with Crippen molar-refractivity contribution in [2.45, 2.75) is 25.3 Å². The Morgan fingerprint density at radius 1 is 1.58 bits per heavy atom. The predicted octanol–water partition coefficient (Wildman–Crippen LogP) is 0.217. The van der Waals surface area contributed by atoms with Crippen LogP contribution in [0.5, 0.6) is 0 Å². The molecule has 3 nitrogen and oxygen atoms in total. The summed E-state index contributed by atoms with van der Waals surface area (Å²) in [6.07, 6.45) is 3.60. The standard InChI is InChI=1S/C9H11NO2/c11-8(12)2-1-7-5-9(3-4-9)6-10-7/h7,10H,3-6H2,(H,11,12). The van der Waals surface area contributed by atoms with Gasteiger partial charge < -0.3 is 10.4 Å². The van der Waals surface area contributed by atoms with Gasteiger partial charge in [0.2, 0.25) is 0 Å². The van der Waals surface area contributed by atoms with Gasteiger partial charge in [-0.05, 0) is 24.7 Å². The van der Waals surface area contributed by atoms with Gasteiger partial charge in [-0.3, -0.25) is 0 Å². The van der Waals surface area contributed by atoms with Crippen LogP contribution >= 0.6 is 0 Å². The van der Waals surface area contributed by atoms with Crippen molar-refractivity contribution < 1.29 is 9.90 Å². The summed E-state index contributed by atoms with van der Waals surface area (Å²) in [6.45, 7) is 1.02. The molecule has 64 valence electrons. The van der Waals surface area contributed by atoms with Crippen LogP contribution in [0.3, 0.4) is 0 Å². The quantitative estimate of drug-likeness (QED) is 0.505. The summed E-state index contributed by atoms with van der Waals surface area (Å²) in [5, 5.41) is 11.5. The molecule has 0 bridgehead atoms. The molecular weight excluding hydrogens is 154 g/mol. The van der Waals surface area contributed by atoms with Gasteiger partial charge in [0.1, 0.15) is 0 Å². The molecule has 1 saturated carbocycles. The van der Waals surface area contributed by atoms with E-state index in [0.29, 0.717) is 5.41 Å². The monoisotopic (exact) mass is 165 g/mol. The zero-order chi connectivity index (χ0) is 8.60. The number of carbonyl (C=O) groups is 1. The minimum Gasteiger partial charge on any atom is -0.472 e. The molecule has 3 heteroatoms. The van der Waals surface area contributed by atoms with E-state index in [1.54, 1.807) is 0 Å². The average molecular weight is 165 g/mol. The molecule has 0 aromatic rings. The lowest BCUT2D eigenvalue weighted by Gasteiger charge is -1.99. The third-order valence-corrected chi connectivity index (χ3v) is 2.67. The maximum atomic E-state index is 10.1. The number of carboxylic acids is 1. The second-order valence-electron chi connectivity index (χ2n) is 3.71. The van der Waals surface area contributed by atoms with E-state index in [4.69, 9.17) is 5.11 Å². The van der Waals surface area contributed by atoms with Gasteiger partial charge in [-0.15, -0.1) is 0 Å². The summed E-state index contributed by atoms with van der Waals surface area (Å²) >= 11 is 0. The van der Waals surface area contributed by atoms with Crippen LogP contribution < -0.4 is 5.32 Å². The van der Waals surface area contributed by atoms with Gasteiger partial charge in [0.05, 0.1) is 6.04 Å². The minimum atomic E-state index is -1.03. The van der Waals surface area contributed by atoms with Crippen LogP contribution in [0.4, 0.5) is 0 Å². The Labute approximate surface area is 71.2 Å². The van der Waals surface area contributed by atoms with Crippen molar-refractivity contribution in [3.8, 4) is 11.8 Å². The summed E-state index contributed by atoms with van der Waals surface area (Å²) in [5.74, 6) is 3.84. The first-order valence-electron chi connectivity index (χ1n) is 4.18. The van der Waals surface area contributed by atoms with Gasteiger partial charge in [0.25, 0.3) is 0 Å². The van der Waals surface area contributed by atoms with Gasteiger partial charge in [-0.2, -0.15) is 0 Å². The van der Waals surface area contributed by atoms with Crippen LogP contribution in [0.15, 0.2) is 0 Å². The SMILES string of the molecule is O=C(O)C#CC1CC2(CC2)CN1. The van der Waals surface area contributed by atoms with Crippen molar-refractivity contribution in [2.24, 2.45) is 5.41 Å². The van der Waals surface area contributed by atoms with Crippen LogP contribution in [0.1, 0.15) is 19.3 Å². The van der Waals surface area contributed by atoms with Crippen LogP contribution in [0, 0.1) is 17.3 Å². The maximum Gasteiger partial charge on any atom is 0.381 e. The van der Waals surface area contributed by atoms with E-state index in [-0.39, 0.29) is 6.04 Å². The van der Waals surface area contributed by atoms with Crippen molar-refractivity contribution in [3.05, 3.63) is 0 Å². The number of hydrogen-bond donors (Lipinski definition) is 2. The van der Waals surface area contributed by atoms with Crippen LogP contribution in [-0.2, 0) is 4.79 Å². The third-order valence-electron chi connectivity index (χ3n) is 2.67. The highest BCUT2D eigenvalue weighted by atomic mass is 16.4. The second kappa shape index (κ2) is 2.49. The highest BCUT2D eigenvalue weighted by molar-refractivity contribution is 5.86. The Morgan fingerprint density at radius 2 is 2.33 bits per heavy atom. The van der Waals surface area contributed by atoms with E-state index in [0.717, 1.165) is 13.0 Å². The molecule has 0 radical (unpaired) electrons. The normalized spacial score (nSPS) is 29.5. The van der Waals surface area contributed by atoms with Crippen molar-refractivity contribution >= 4 is 5.97 Å². The molecule has 0 aromatic heterocycles. The van der Waals surface area contributed by atoms with Crippen molar-refractivity contribution in [1.82, 2.24) is 5.32 Å². The van der Waals surface area contributed by atoms with E-state index in [1.165, 1.54) is 12.8 Å².